The van der Waals surface area contributed by atoms with Crippen molar-refractivity contribution in [3.05, 3.63) is 30.3 Å². The van der Waals surface area contributed by atoms with Crippen LogP contribution in [0.1, 0.15) is 0 Å². The van der Waals surface area contributed by atoms with Crippen molar-refractivity contribution in [2.24, 2.45) is 0 Å². The van der Waals surface area contributed by atoms with Crippen molar-refractivity contribution >= 4 is 17.0 Å². The van der Waals surface area contributed by atoms with Crippen LogP contribution in [0.4, 0.5) is 5.69 Å². The Morgan fingerprint density at radius 1 is 1.50 bits per heavy atom. The first-order valence-electron chi connectivity index (χ1n) is 2.85. The van der Waals surface area contributed by atoms with E-state index in [-0.39, 0.29) is 0 Å². The predicted octanol–water partition coefficient (Wildman–Crippen LogP) is 1.19. The van der Waals surface area contributed by atoms with Crippen molar-refractivity contribution in [2.45, 2.75) is 0 Å². The highest BCUT2D eigenvalue weighted by Gasteiger charge is 1.94. The number of hydrogen-bond donors (Lipinski definition) is 1. The number of nitrogens with one attached hydrogen (secondary N) is 1. The average Bonchev–Trinajstić information content (AvgIpc) is 1.88. The first-order chi connectivity index (χ1) is 4.79. The van der Waals surface area contributed by atoms with Crippen LogP contribution in [0.3, 0.4) is 0 Å². The van der Waals surface area contributed by atoms with Gasteiger partial charge in [0, 0.05) is 0 Å². The minimum Gasteiger partial charge on any atom is -0.593 e. The third-order valence-electron chi connectivity index (χ3n) is 0.980. The standard InChI is InChI=1S/C7H8NOS/c1-10(9)8-7-5-3-2-4-6-7/h3-6,8H,1H3. The average molecular weight is 154 g/mol. The maximum Gasteiger partial charge on any atom is 0.121 e. The highest BCUT2D eigenvalue weighted by Crippen LogP contribution is 2.05. The molecule has 3 heteroatoms. The van der Waals surface area contributed by atoms with Crippen molar-refractivity contribution in [3.63, 3.8) is 0 Å². The van der Waals surface area contributed by atoms with Crippen LogP contribution < -0.4 is 4.72 Å². The Balaban J connectivity index is 2.59. The summed E-state index contributed by atoms with van der Waals surface area (Å²) in [6.07, 6.45) is 1.59. The fourth-order valence-corrected chi connectivity index (χ4v) is 1.09. The van der Waals surface area contributed by atoms with Crippen LogP contribution in [0, 0.1) is 6.07 Å². The maximum absolute atomic E-state index is 10.6. The van der Waals surface area contributed by atoms with Crippen molar-refractivity contribution in [1.82, 2.24) is 0 Å². The molecule has 1 unspecified atom stereocenters. The second-order valence-corrected chi connectivity index (χ2v) is 2.96. The normalized spacial score (nSPS) is 12.6. The van der Waals surface area contributed by atoms with Gasteiger partial charge in [-0.05, 0) is 18.2 Å². The van der Waals surface area contributed by atoms with Gasteiger partial charge in [0.1, 0.15) is 6.26 Å². The molecule has 0 saturated carbocycles. The summed E-state index contributed by atoms with van der Waals surface area (Å²) < 4.78 is 13.4. The molecule has 0 aliphatic rings. The number of anilines is 1. The Morgan fingerprint density at radius 3 is 2.60 bits per heavy atom. The predicted molar refractivity (Wildman–Crippen MR) is 43.0 cm³/mol. The van der Waals surface area contributed by atoms with Crippen LogP contribution in [0.2, 0.25) is 0 Å². The van der Waals surface area contributed by atoms with Crippen LogP contribution in [0.5, 0.6) is 0 Å². The van der Waals surface area contributed by atoms with Crippen LogP contribution >= 0.6 is 0 Å². The first kappa shape index (κ1) is 7.44. The van der Waals surface area contributed by atoms with Gasteiger partial charge in [-0.3, -0.25) is 0 Å². The summed E-state index contributed by atoms with van der Waals surface area (Å²) in [6, 6.07) is 10.1. The van der Waals surface area contributed by atoms with Gasteiger partial charge in [0.25, 0.3) is 0 Å². The van der Waals surface area contributed by atoms with Gasteiger partial charge in [0.2, 0.25) is 0 Å². The quantitative estimate of drug-likeness (QED) is 0.649. The Bertz CT molecular complexity index is 188. The molecule has 1 N–H and O–H groups in total. The van der Waals surface area contributed by atoms with Gasteiger partial charge < -0.3 is 4.55 Å². The Kier molecular flexibility index (Phi) is 2.59. The molecular formula is C7H8NOS. The van der Waals surface area contributed by atoms with E-state index in [4.69, 9.17) is 0 Å². The summed E-state index contributed by atoms with van der Waals surface area (Å²) in [7, 11) is 0. The monoisotopic (exact) mass is 154 g/mol. The van der Waals surface area contributed by atoms with Gasteiger partial charge in [-0.2, -0.15) is 0 Å². The summed E-state index contributed by atoms with van der Waals surface area (Å²) in [5.41, 5.74) is 0.861. The van der Waals surface area contributed by atoms with E-state index in [9.17, 15) is 4.55 Å². The molecule has 0 aliphatic carbocycles. The Hall–Kier alpha value is -0.670. The van der Waals surface area contributed by atoms with E-state index in [1.165, 1.54) is 0 Å². The van der Waals surface area contributed by atoms with E-state index >= 15 is 0 Å². The summed E-state index contributed by atoms with van der Waals surface area (Å²) in [5, 5.41) is 0. The number of benzene rings is 1. The minimum absolute atomic E-state index is 0.861. The molecule has 1 atom stereocenters. The van der Waals surface area contributed by atoms with Gasteiger partial charge in [-0.25, -0.2) is 4.72 Å². The van der Waals surface area contributed by atoms with Gasteiger partial charge >= 0.3 is 0 Å². The van der Waals surface area contributed by atoms with E-state index in [1.807, 2.05) is 12.1 Å². The topological polar surface area (TPSA) is 35.1 Å². The van der Waals surface area contributed by atoms with E-state index < -0.39 is 11.4 Å². The highest BCUT2D eigenvalue weighted by molar-refractivity contribution is 7.92. The van der Waals surface area contributed by atoms with Gasteiger partial charge in [-0.1, -0.05) is 12.1 Å². The smallest absolute Gasteiger partial charge is 0.121 e. The van der Waals surface area contributed by atoms with Crippen LogP contribution in [0.15, 0.2) is 24.3 Å². The Morgan fingerprint density at radius 2 is 2.10 bits per heavy atom. The molecule has 1 aromatic carbocycles. The number of rotatable bonds is 2. The lowest BCUT2D eigenvalue weighted by molar-refractivity contribution is 0.605. The zero-order valence-electron chi connectivity index (χ0n) is 5.63. The third kappa shape index (κ3) is 2.29. The van der Waals surface area contributed by atoms with Gasteiger partial charge in [-0.15, -0.1) is 0 Å². The molecule has 53 valence electrons. The Labute approximate surface area is 63.6 Å². The maximum atomic E-state index is 10.6. The van der Waals surface area contributed by atoms with Crippen molar-refractivity contribution in [1.29, 1.82) is 0 Å². The summed E-state index contributed by atoms with van der Waals surface area (Å²) >= 11 is -0.980. The fourth-order valence-electron chi connectivity index (χ4n) is 0.621. The molecule has 10 heavy (non-hydrogen) atoms. The first-order valence-corrected chi connectivity index (χ1v) is 4.41. The second-order valence-electron chi connectivity index (χ2n) is 1.84. The molecule has 0 fully saturated rings. The molecule has 1 aromatic rings. The summed E-state index contributed by atoms with van der Waals surface area (Å²) in [5.74, 6) is 0. The molecule has 0 bridgehead atoms. The zero-order chi connectivity index (χ0) is 7.40. The lowest BCUT2D eigenvalue weighted by Crippen LogP contribution is -2.08. The number of hydrogen-bond acceptors (Lipinski definition) is 2. The summed E-state index contributed by atoms with van der Waals surface area (Å²) in [4.78, 5) is 0. The molecule has 2 nitrogen and oxygen atoms in total. The molecule has 0 spiro atoms. The highest BCUT2D eigenvalue weighted by atomic mass is 32.2. The molecule has 0 amide bonds. The van der Waals surface area contributed by atoms with Crippen LogP contribution in [-0.4, -0.2) is 10.8 Å². The molecule has 0 heterocycles. The van der Waals surface area contributed by atoms with E-state index in [2.05, 4.69) is 10.8 Å². The summed E-state index contributed by atoms with van der Waals surface area (Å²) in [6.45, 7) is 0. The molecule has 0 saturated heterocycles. The lowest BCUT2D eigenvalue weighted by atomic mass is 10.3. The third-order valence-corrected chi connectivity index (χ3v) is 1.50. The second kappa shape index (κ2) is 3.49. The molecule has 0 aromatic heterocycles. The lowest BCUT2D eigenvalue weighted by Gasteiger charge is -2.05. The van der Waals surface area contributed by atoms with E-state index in [0.29, 0.717) is 0 Å². The van der Waals surface area contributed by atoms with Crippen molar-refractivity contribution in [2.75, 3.05) is 11.0 Å². The van der Waals surface area contributed by atoms with Crippen molar-refractivity contribution in [3.8, 4) is 0 Å². The van der Waals surface area contributed by atoms with Gasteiger partial charge in [0.05, 0.1) is 17.0 Å². The van der Waals surface area contributed by atoms with Crippen LogP contribution in [0.25, 0.3) is 0 Å². The van der Waals surface area contributed by atoms with Crippen LogP contribution in [-0.2, 0) is 11.4 Å². The molecule has 1 rings (SSSR count). The largest absolute Gasteiger partial charge is 0.593 e. The molecule has 0 aliphatic heterocycles. The van der Waals surface area contributed by atoms with Crippen molar-refractivity contribution < 1.29 is 4.55 Å². The molecule has 1 radical (unpaired) electrons. The van der Waals surface area contributed by atoms with E-state index in [0.717, 1.165) is 5.69 Å². The molecular weight excluding hydrogens is 146 g/mol. The minimum atomic E-state index is -0.980. The SMILES string of the molecule is C[S+]([O-])Nc1cc[c]cc1. The zero-order valence-corrected chi connectivity index (χ0v) is 6.44. The van der Waals surface area contributed by atoms with Gasteiger partial charge in [0.15, 0.2) is 0 Å². The van der Waals surface area contributed by atoms with E-state index in [1.54, 1.807) is 18.4 Å². The fraction of sp³-hybridized carbons (Fsp3) is 0.143.